The maximum Gasteiger partial charge on any atom is 0.0192 e. The van der Waals surface area contributed by atoms with Crippen LogP contribution >= 0.6 is 0 Å². The molecule has 0 aliphatic heterocycles. The van der Waals surface area contributed by atoms with Crippen molar-refractivity contribution in [2.24, 2.45) is 41.4 Å². The number of nitrogens with one attached hydrogen (secondary N) is 1. The van der Waals surface area contributed by atoms with E-state index in [2.05, 4.69) is 5.32 Å². The van der Waals surface area contributed by atoms with Crippen LogP contribution in [0.5, 0.6) is 0 Å². The average molecular weight is 285 g/mol. The first kappa shape index (κ1) is 12.4. The van der Waals surface area contributed by atoms with Gasteiger partial charge in [0.1, 0.15) is 0 Å². The van der Waals surface area contributed by atoms with Crippen LogP contribution in [0.15, 0.2) is 0 Å². The van der Waals surface area contributed by atoms with Gasteiger partial charge in [0.25, 0.3) is 0 Å². The second-order valence-electron chi connectivity index (χ2n) is 10.3. The van der Waals surface area contributed by atoms with Gasteiger partial charge in [0, 0.05) is 11.6 Å². The Morgan fingerprint density at radius 3 is 1.43 bits per heavy atom. The van der Waals surface area contributed by atoms with Gasteiger partial charge >= 0.3 is 0 Å². The summed E-state index contributed by atoms with van der Waals surface area (Å²) in [4.78, 5) is 0. The van der Waals surface area contributed by atoms with E-state index in [4.69, 9.17) is 0 Å². The van der Waals surface area contributed by atoms with E-state index in [1.165, 1.54) is 0 Å². The van der Waals surface area contributed by atoms with Crippen LogP contribution in [0, 0.1) is 41.4 Å². The zero-order valence-electron chi connectivity index (χ0n) is 13.4. The molecule has 0 saturated heterocycles. The molecule has 8 aliphatic carbocycles. The highest BCUT2D eigenvalue weighted by atomic mass is 15.0. The minimum Gasteiger partial charge on any atom is -0.308 e. The van der Waals surface area contributed by atoms with Crippen LogP contribution < -0.4 is 5.32 Å². The van der Waals surface area contributed by atoms with E-state index in [1.807, 2.05) is 0 Å². The first-order valence-electron chi connectivity index (χ1n) is 10.0. The van der Waals surface area contributed by atoms with E-state index < -0.39 is 0 Å². The molecule has 0 atom stereocenters. The molecule has 0 amide bonds. The molecule has 0 spiro atoms. The lowest BCUT2D eigenvalue weighted by Crippen LogP contribution is -2.65. The normalized spacial score (nSPS) is 63.4. The van der Waals surface area contributed by atoms with Crippen LogP contribution in [0.25, 0.3) is 0 Å². The van der Waals surface area contributed by atoms with E-state index in [9.17, 15) is 0 Å². The van der Waals surface area contributed by atoms with Crippen LogP contribution in [0.2, 0.25) is 0 Å². The maximum absolute atomic E-state index is 4.41. The Hall–Kier alpha value is -0.0400. The van der Waals surface area contributed by atoms with Crippen LogP contribution in [0.3, 0.4) is 0 Å². The topological polar surface area (TPSA) is 12.0 Å². The zero-order valence-corrected chi connectivity index (χ0v) is 13.4. The summed E-state index contributed by atoms with van der Waals surface area (Å²) in [5, 5.41) is 4.41. The molecule has 8 aliphatic rings. The lowest BCUT2D eigenvalue weighted by atomic mass is 9.51. The molecule has 0 unspecified atom stereocenters. The highest BCUT2D eigenvalue weighted by Gasteiger charge is 2.55. The highest BCUT2D eigenvalue weighted by molar-refractivity contribution is 5.10. The standard InChI is InChI=1S/C20H31N/c1-12-5-17-7-13(1)8-18(6-12)19(17)21-20-9-14-2-15(10-20)4-16(3-14)11-20/h12-19,21H,1-11H2. The SMILES string of the molecule is C1C2CC3CC1CC(C2)C3NC12CC3CC(CC(C3)C1)C2. The number of hydrogen-bond donors (Lipinski definition) is 1. The second-order valence-corrected chi connectivity index (χ2v) is 10.3. The maximum atomic E-state index is 4.41. The van der Waals surface area contributed by atoms with Gasteiger partial charge in [-0.3, -0.25) is 0 Å². The van der Waals surface area contributed by atoms with E-state index in [1.54, 1.807) is 70.6 Å². The summed E-state index contributed by atoms with van der Waals surface area (Å²) in [6.07, 6.45) is 17.3. The Labute approximate surface area is 129 Å². The second kappa shape index (κ2) is 4.08. The van der Waals surface area contributed by atoms with Gasteiger partial charge in [0.15, 0.2) is 0 Å². The predicted molar refractivity (Wildman–Crippen MR) is 84.9 cm³/mol. The Bertz CT molecular complexity index is 389. The molecule has 8 rings (SSSR count). The molecule has 0 heterocycles. The van der Waals surface area contributed by atoms with Crippen LogP contribution in [0.4, 0.5) is 0 Å². The summed E-state index contributed by atoms with van der Waals surface area (Å²) < 4.78 is 0. The van der Waals surface area contributed by atoms with Crippen LogP contribution in [-0.2, 0) is 0 Å². The Morgan fingerprint density at radius 2 is 0.952 bits per heavy atom. The lowest BCUT2D eigenvalue weighted by Gasteiger charge is -2.62. The summed E-state index contributed by atoms with van der Waals surface area (Å²) in [5.41, 5.74) is 0.606. The minimum absolute atomic E-state index is 0.606. The fourth-order valence-corrected chi connectivity index (χ4v) is 8.80. The molecular weight excluding hydrogens is 254 g/mol. The monoisotopic (exact) mass is 285 g/mol. The summed E-state index contributed by atoms with van der Waals surface area (Å²) in [7, 11) is 0. The van der Waals surface area contributed by atoms with Crippen molar-refractivity contribution in [1.29, 1.82) is 0 Å². The summed E-state index contributed by atoms with van der Waals surface area (Å²) in [6.45, 7) is 0. The molecule has 1 heteroatoms. The third-order valence-electron chi connectivity index (χ3n) is 8.74. The molecule has 116 valence electrons. The smallest absolute Gasteiger partial charge is 0.0192 e. The molecule has 0 aromatic carbocycles. The van der Waals surface area contributed by atoms with E-state index in [-0.39, 0.29) is 0 Å². The Morgan fingerprint density at radius 1 is 0.524 bits per heavy atom. The first-order chi connectivity index (χ1) is 10.2. The number of rotatable bonds is 2. The van der Waals surface area contributed by atoms with Crippen molar-refractivity contribution in [3.8, 4) is 0 Å². The first-order valence-corrected chi connectivity index (χ1v) is 10.0. The van der Waals surface area contributed by atoms with Crippen molar-refractivity contribution in [1.82, 2.24) is 5.32 Å². The predicted octanol–water partition coefficient (Wildman–Crippen LogP) is 4.37. The van der Waals surface area contributed by atoms with Gasteiger partial charge in [-0.2, -0.15) is 0 Å². The molecule has 1 N–H and O–H groups in total. The Balaban J connectivity index is 1.27. The fourth-order valence-electron chi connectivity index (χ4n) is 8.80. The van der Waals surface area contributed by atoms with Crippen molar-refractivity contribution >= 4 is 0 Å². The van der Waals surface area contributed by atoms with Gasteiger partial charge in [0.05, 0.1) is 0 Å². The molecule has 8 saturated carbocycles. The molecule has 0 aromatic rings. The van der Waals surface area contributed by atoms with Crippen LogP contribution in [-0.4, -0.2) is 11.6 Å². The van der Waals surface area contributed by atoms with Gasteiger partial charge in [-0.25, -0.2) is 0 Å². The average Bonchev–Trinajstić information content (AvgIpc) is 2.40. The van der Waals surface area contributed by atoms with Crippen molar-refractivity contribution in [2.75, 3.05) is 0 Å². The molecule has 0 aromatic heterocycles. The third kappa shape index (κ3) is 1.79. The van der Waals surface area contributed by atoms with Crippen molar-refractivity contribution in [2.45, 2.75) is 82.2 Å². The summed E-state index contributed by atoms with van der Waals surface area (Å²) in [5.74, 6) is 7.68. The highest BCUT2D eigenvalue weighted by Crippen LogP contribution is 2.58. The van der Waals surface area contributed by atoms with E-state index in [0.717, 1.165) is 47.5 Å². The van der Waals surface area contributed by atoms with Gasteiger partial charge < -0.3 is 5.32 Å². The van der Waals surface area contributed by atoms with Crippen molar-refractivity contribution < 1.29 is 0 Å². The van der Waals surface area contributed by atoms with Crippen molar-refractivity contribution in [3.05, 3.63) is 0 Å². The molecule has 1 nitrogen and oxygen atoms in total. The number of hydrogen-bond acceptors (Lipinski definition) is 1. The molecule has 0 radical (unpaired) electrons. The molecule has 21 heavy (non-hydrogen) atoms. The summed E-state index contributed by atoms with van der Waals surface area (Å²) in [6, 6.07) is 0.925. The molecule has 8 bridgehead atoms. The van der Waals surface area contributed by atoms with Gasteiger partial charge in [-0.15, -0.1) is 0 Å². The van der Waals surface area contributed by atoms with E-state index in [0.29, 0.717) is 5.54 Å². The molecule has 8 fully saturated rings. The molecular formula is C20H31N. The zero-order chi connectivity index (χ0) is 13.6. The van der Waals surface area contributed by atoms with E-state index >= 15 is 0 Å². The van der Waals surface area contributed by atoms with Gasteiger partial charge in [-0.05, 0) is 112 Å². The van der Waals surface area contributed by atoms with Crippen LogP contribution in [0.1, 0.15) is 70.6 Å². The fraction of sp³-hybridized carbons (Fsp3) is 1.00. The quantitative estimate of drug-likeness (QED) is 0.794. The van der Waals surface area contributed by atoms with Gasteiger partial charge in [-0.1, -0.05) is 0 Å². The third-order valence-corrected chi connectivity index (χ3v) is 8.74. The largest absolute Gasteiger partial charge is 0.308 e. The summed E-state index contributed by atoms with van der Waals surface area (Å²) >= 11 is 0. The van der Waals surface area contributed by atoms with Crippen molar-refractivity contribution in [3.63, 3.8) is 0 Å². The lowest BCUT2D eigenvalue weighted by molar-refractivity contribution is -0.0688. The minimum atomic E-state index is 0.606. The van der Waals surface area contributed by atoms with Gasteiger partial charge in [0.2, 0.25) is 0 Å². The Kier molecular flexibility index (Phi) is 2.40.